The largest absolute Gasteiger partial charge is 0.489 e. The Balaban J connectivity index is 1.91. The molecule has 17 heavy (non-hydrogen) atoms. The Hall–Kier alpha value is -1.03. The number of halogens is 1. The Morgan fingerprint density at radius 3 is 2.18 bits per heavy atom. The van der Waals surface area contributed by atoms with Gasteiger partial charge in [-0.2, -0.15) is 0 Å². The van der Waals surface area contributed by atoms with Crippen LogP contribution in [0.5, 0.6) is 5.75 Å². The van der Waals surface area contributed by atoms with Crippen molar-refractivity contribution in [2.45, 2.75) is 13.0 Å². The van der Waals surface area contributed by atoms with Gasteiger partial charge in [-0.05, 0) is 29.7 Å². The summed E-state index contributed by atoms with van der Waals surface area (Å²) in [5.41, 5.74) is 2.57. The first-order valence-electron chi connectivity index (χ1n) is 5.70. The number of alkyl halides is 1. The van der Waals surface area contributed by atoms with Gasteiger partial charge in [-0.25, -0.2) is 0 Å². The summed E-state index contributed by atoms with van der Waals surface area (Å²) in [6.45, 7) is 0.631. The molecule has 0 aliphatic carbocycles. The van der Waals surface area contributed by atoms with Gasteiger partial charge in [-0.15, -0.1) is 0 Å². The van der Waals surface area contributed by atoms with Crippen LogP contribution in [-0.2, 0) is 13.0 Å². The molecule has 88 valence electrons. The number of hydrogen-bond acceptors (Lipinski definition) is 1. The Morgan fingerprint density at radius 2 is 1.53 bits per heavy atom. The maximum atomic E-state index is 5.72. The summed E-state index contributed by atoms with van der Waals surface area (Å²) in [5.74, 6) is 0.936. The second-order valence-electron chi connectivity index (χ2n) is 3.86. The van der Waals surface area contributed by atoms with Crippen LogP contribution in [0.4, 0.5) is 0 Å². The molecule has 2 aromatic rings. The van der Waals surface area contributed by atoms with Gasteiger partial charge in [-0.1, -0.05) is 65.1 Å². The van der Waals surface area contributed by atoms with E-state index in [-0.39, 0.29) is 0 Å². The lowest BCUT2D eigenvalue weighted by Crippen LogP contribution is -1.95. The third-order valence-electron chi connectivity index (χ3n) is 2.55. The summed E-state index contributed by atoms with van der Waals surface area (Å²) in [6, 6.07) is 18.6. The molecule has 0 bridgehead atoms. The van der Waals surface area contributed by atoms with Gasteiger partial charge in [-0.3, -0.25) is 0 Å². The third kappa shape index (κ3) is 4.04. The Labute approximate surface area is 116 Å². The van der Waals surface area contributed by atoms with E-state index in [0.717, 1.165) is 16.6 Å². The van der Waals surface area contributed by atoms with Gasteiger partial charge in [0, 0.05) is 4.43 Å². The van der Waals surface area contributed by atoms with Crippen molar-refractivity contribution in [3.8, 4) is 5.75 Å². The van der Waals surface area contributed by atoms with E-state index in [9.17, 15) is 0 Å². The minimum absolute atomic E-state index is 0.631. The van der Waals surface area contributed by atoms with Crippen LogP contribution in [0.1, 0.15) is 11.1 Å². The fraction of sp³-hybridized carbons (Fsp3) is 0.200. The van der Waals surface area contributed by atoms with Crippen molar-refractivity contribution in [2.75, 3.05) is 4.43 Å². The summed E-state index contributed by atoms with van der Waals surface area (Å²) >= 11 is 2.39. The number of benzene rings is 2. The lowest BCUT2D eigenvalue weighted by atomic mass is 10.2. The molecule has 0 saturated carbocycles. The zero-order chi connectivity index (χ0) is 11.9. The molecule has 0 spiro atoms. The number of ether oxygens (including phenoxy) is 1. The van der Waals surface area contributed by atoms with Crippen molar-refractivity contribution in [1.82, 2.24) is 0 Å². The minimum atomic E-state index is 0.631. The van der Waals surface area contributed by atoms with Crippen molar-refractivity contribution < 1.29 is 4.74 Å². The van der Waals surface area contributed by atoms with Gasteiger partial charge in [0.05, 0.1) is 0 Å². The van der Waals surface area contributed by atoms with Crippen LogP contribution in [0.25, 0.3) is 0 Å². The smallest absolute Gasteiger partial charge is 0.119 e. The second-order valence-corrected chi connectivity index (χ2v) is 4.94. The van der Waals surface area contributed by atoms with E-state index in [1.165, 1.54) is 11.1 Å². The molecule has 0 heterocycles. The molecule has 2 aromatic carbocycles. The van der Waals surface area contributed by atoms with E-state index in [1.807, 2.05) is 30.3 Å². The average Bonchev–Trinajstić information content (AvgIpc) is 2.40. The van der Waals surface area contributed by atoms with Gasteiger partial charge in [0.2, 0.25) is 0 Å². The molecule has 2 rings (SSSR count). The highest BCUT2D eigenvalue weighted by atomic mass is 127. The molecular weight excluding hydrogens is 323 g/mol. The number of rotatable bonds is 5. The zero-order valence-corrected chi connectivity index (χ0v) is 11.8. The molecule has 2 heteroatoms. The second kappa shape index (κ2) is 6.64. The van der Waals surface area contributed by atoms with Crippen LogP contribution >= 0.6 is 22.6 Å². The molecule has 0 aromatic heterocycles. The van der Waals surface area contributed by atoms with E-state index in [2.05, 4.69) is 46.9 Å². The lowest BCUT2D eigenvalue weighted by molar-refractivity contribution is 0.306. The highest BCUT2D eigenvalue weighted by molar-refractivity contribution is 14.1. The fourth-order valence-electron chi connectivity index (χ4n) is 1.60. The monoisotopic (exact) mass is 338 g/mol. The number of hydrogen-bond donors (Lipinski definition) is 0. The molecule has 0 aliphatic heterocycles. The van der Waals surface area contributed by atoms with Crippen molar-refractivity contribution >= 4 is 22.6 Å². The SMILES string of the molecule is ICCc1ccc(OCc2ccccc2)cc1. The molecule has 1 nitrogen and oxygen atoms in total. The van der Waals surface area contributed by atoms with Crippen LogP contribution in [-0.4, -0.2) is 4.43 Å². The maximum absolute atomic E-state index is 5.72. The van der Waals surface area contributed by atoms with E-state index in [1.54, 1.807) is 0 Å². The molecule has 0 radical (unpaired) electrons. The molecule has 0 aliphatic rings. The third-order valence-corrected chi connectivity index (χ3v) is 3.09. The van der Waals surface area contributed by atoms with E-state index >= 15 is 0 Å². The summed E-state index contributed by atoms with van der Waals surface area (Å²) < 4.78 is 6.88. The topological polar surface area (TPSA) is 9.23 Å². The Kier molecular flexibility index (Phi) is 4.86. The lowest BCUT2D eigenvalue weighted by Gasteiger charge is -2.06. The normalized spacial score (nSPS) is 10.2. The van der Waals surface area contributed by atoms with Crippen LogP contribution in [0.3, 0.4) is 0 Å². The summed E-state index contributed by atoms with van der Waals surface area (Å²) in [4.78, 5) is 0. The van der Waals surface area contributed by atoms with Crippen molar-refractivity contribution in [3.05, 3.63) is 65.7 Å². The molecule has 0 amide bonds. The van der Waals surface area contributed by atoms with Gasteiger partial charge in [0.1, 0.15) is 12.4 Å². The first kappa shape index (κ1) is 12.4. The van der Waals surface area contributed by atoms with Gasteiger partial charge in [0.15, 0.2) is 0 Å². The average molecular weight is 338 g/mol. The van der Waals surface area contributed by atoms with Crippen LogP contribution in [0, 0.1) is 0 Å². The predicted molar refractivity (Wildman–Crippen MR) is 79.8 cm³/mol. The molecule has 0 N–H and O–H groups in total. The van der Waals surface area contributed by atoms with Crippen LogP contribution < -0.4 is 4.74 Å². The molecule has 0 fully saturated rings. The van der Waals surface area contributed by atoms with Crippen LogP contribution in [0.2, 0.25) is 0 Å². The summed E-state index contributed by atoms with van der Waals surface area (Å²) in [5, 5.41) is 0. The Morgan fingerprint density at radius 1 is 0.824 bits per heavy atom. The van der Waals surface area contributed by atoms with E-state index in [4.69, 9.17) is 4.74 Å². The summed E-state index contributed by atoms with van der Waals surface area (Å²) in [7, 11) is 0. The number of aryl methyl sites for hydroxylation is 1. The quantitative estimate of drug-likeness (QED) is 0.585. The molecule has 0 unspecified atom stereocenters. The standard InChI is InChI=1S/C15H15IO/c16-11-10-13-6-8-15(9-7-13)17-12-14-4-2-1-3-5-14/h1-9H,10-12H2. The highest BCUT2D eigenvalue weighted by Crippen LogP contribution is 2.14. The van der Waals surface area contributed by atoms with Gasteiger partial charge >= 0.3 is 0 Å². The first-order chi connectivity index (χ1) is 8.38. The van der Waals surface area contributed by atoms with Crippen molar-refractivity contribution in [2.24, 2.45) is 0 Å². The van der Waals surface area contributed by atoms with Crippen LogP contribution in [0.15, 0.2) is 54.6 Å². The van der Waals surface area contributed by atoms with Gasteiger partial charge < -0.3 is 4.74 Å². The zero-order valence-electron chi connectivity index (χ0n) is 9.60. The van der Waals surface area contributed by atoms with Crippen molar-refractivity contribution in [3.63, 3.8) is 0 Å². The highest BCUT2D eigenvalue weighted by Gasteiger charge is 1.96. The Bertz CT molecular complexity index is 436. The van der Waals surface area contributed by atoms with E-state index in [0.29, 0.717) is 6.61 Å². The first-order valence-corrected chi connectivity index (χ1v) is 7.22. The molecule has 0 saturated heterocycles. The molecular formula is C15H15IO. The van der Waals surface area contributed by atoms with E-state index < -0.39 is 0 Å². The molecule has 0 atom stereocenters. The summed E-state index contributed by atoms with van der Waals surface area (Å²) in [6.07, 6.45) is 1.12. The predicted octanol–water partition coefficient (Wildman–Crippen LogP) is 4.24. The minimum Gasteiger partial charge on any atom is -0.489 e. The van der Waals surface area contributed by atoms with Crippen molar-refractivity contribution in [1.29, 1.82) is 0 Å². The fourth-order valence-corrected chi connectivity index (χ4v) is 2.23. The van der Waals surface area contributed by atoms with Gasteiger partial charge in [0.25, 0.3) is 0 Å². The maximum Gasteiger partial charge on any atom is 0.119 e.